The first-order valence-corrected chi connectivity index (χ1v) is 9.97. The summed E-state index contributed by atoms with van der Waals surface area (Å²) in [6.07, 6.45) is 1.50. The van der Waals surface area contributed by atoms with Crippen LogP contribution >= 0.6 is 0 Å². The minimum atomic E-state index is -0.368. The number of hydrogen-bond donors (Lipinski definition) is 1. The van der Waals surface area contributed by atoms with Crippen LogP contribution in [-0.4, -0.2) is 25.1 Å². The molecule has 5 nitrogen and oxygen atoms in total. The van der Waals surface area contributed by atoms with E-state index in [-0.39, 0.29) is 18.5 Å². The van der Waals surface area contributed by atoms with E-state index in [2.05, 4.69) is 17.4 Å². The van der Waals surface area contributed by atoms with Crippen molar-refractivity contribution < 1.29 is 19.1 Å². The average Bonchev–Trinajstić information content (AvgIpc) is 2.78. The van der Waals surface area contributed by atoms with Crippen molar-refractivity contribution in [3.63, 3.8) is 0 Å². The van der Waals surface area contributed by atoms with Gasteiger partial charge in [0.05, 0.1) is 12.2 Å². The highest BCUT2D eigenvalue weighted by molar-refractivity contribution is 5.93. The third-order valence-electron chi connectivity index (χ3n) is 4.41. The van der Waals surface area contributed by atoms with Gasteiger partial charge in [-0.05, 0) is 47.9 Å². The molecule has 0 aliphatic carbocycles. The molecule has 3 aromatic carbocycles. The van der Waals surface area contributed by atoms with Crippen LogP contribution in [0, 0.1) is 0 Å². The summed E-state index contributed by atoms with van der Waals surface area (Å²) in [6.45, 7) is 2.22. The number of anilines is 1. The maximum absolute atomic E-state index is 12.3. The van der Waals surface area contributed by atoms with Crippen molar-refractivity contribution in [2.75, 3.05) is 18.5 Å². The molecule has 0 spiro atoms. The third kappa shape index (κ3) is 6.21. The molecule has 0 saturated carbocycles. The standard InChI is InChI=1S/C25H25NO4/c1-2-16-29-25(28)20-12-14-22(15-13-20)26-24(27)18-30-23-11-7-6-10-21(23)17-19-8-4-3-5-9-19/h3-15H,2,16-18H2,1H3,(H,26,27). The molecule has 0 unspecified atom stereocenters. The topological polar surface area (TPSA) is 64.6 Å². The van der Waals surface area contributed by atoms with Gasteiger partial charge in [-0.25, -0.2) is 4.79 Å². The summed E-state index contributed by atoms with van der Waals surface area (Å²) in [4.78, 5) is 24.1. The van der Waals surface area contributed by atoms with E-state index < -0.39 is 0 Å². The molecule has 154 valence electrons. The first kappa shape index (κ1) is 21.1. The highest BCUT2D eigenvalue weighted by Gasteiger charge is 2.10. The molecule has 30 heavy (non-hydrogen) atoms. The minimum Gasteiger partial charge on any atom is -0.483 e. The molecule has 0 saturated heterocycles. The molecule has 3 rings (SSSR count). The van der Waals surface area contributed by atoms with E-state index in [0.29, 0.717) is 23.6 Å². The largest absolute Gasteiger partial charge is 0.483 e. The molecule has 1 amide bonds. The number of carbonyl (C=O) groups excluding carboxylic acids is 2. The Bertz CT molecular complexity index is 968. The molecule has 0 aliphatic heterocycles. The van der Waals surface area contributed by atoms with E-state index in [9.17, 15) is 9.59 Å². The quantitative estimate of drug-likeness (QED) is 0.518. The van der Waals surface area contributed by atoms with Crippen LogP contribution in [0.4, 0.5) is 5.69 Å². The van der Waals surface area contributed by atoms with Gasteiger partial charge in [-0.3, -0.25) is 4.79 Å². The molecule has 0 fully saturated rings. The van der Waals surface area contributed by atoms with Crippen molar-refractivity contribution in [3.05, 3.63) is 95.6 Å². The molecular formula is C25H25NO4. The highest BCUT2D eigenvalue weighted by atomic mass is 16.5. The lowest BCUT2D eigenvalue weighted by Crippen LogP contribution is -2.20. The van der Waals surface area contributed by atoms with Crippen molar-refractivity contribution in [1.82, 2.24) is 0 Å². The molecule has 1 N–H and O–H groups in total. The smallest absolute Gasteiger partial charge is 0.338 e. The monoisotopic (exact) mass is 403 g/mol. The number of benzene rings is 3. The first-order chi connectivity index (χ1) is 14.7. The molecule has 0 radical (unpaired) electrons. The van der Waals surface area contributed by atoms with Crippen LogP contribution < -0.4 is 10.1 Å². The zero-order valence-electron chi connectivity index (χ0n) is 17.0. The number of para-hydroxylation sites is 1. The van der Waals surface area contributed by atoms with E-state index in [0.717, 1.165) is 18.4 Å². The Morgan fingerprint density at radius 3 is 2.30 bits per heavy atom. The Morgan fingerprint density at radius 2 is 1.57 bits per heavy atom. The molecule has 5 heteroatoms. The van der Waals surface area contributed by atoms with Gasteiger partial charge < -0.3 is 14.8 Å². The van der Waals surface area contributed by atoms with Gasteiger partial charge in [-0.2, -0.15) is 0 Å². The zero-order valence-corrected chi connectivity index (χ0v) is 17.0. The van der Waals surface area contributed by atoms with Crippen molar-refractivity contribution in [2.45, 2.75) is 19.8 Å². The van der Waals surface area contributed by atoms with Gasteiger partial charge in [0.2, 0.25) is 0 Å². The first-order valence-electron chi connectivity index (χ1n) is 9.97. The van der Waals surface area contributed by atoms with Crippen molar-refractivity contribution in [1.29, 1.82) is 0 Å². The average molecular weight is 403 g/mol. The number of amides is 1. The number of esters is 1. The summed E-state index contributed by atoms with van der Waals surface area (Å²) in [5, 5.41) is 2.77. The van der Waals surface area contributed by atoms with Crippen LogP contribution in [0.25, 0.3) is 0 Å². The molecule has 0 bridgehead atoms. The number of carbonyl (C=O) groups is 2. The van der Waals surface area contributed by atoms with Crippen LogP contribution in [0.3, 0.4) is 0 Å². The van der Waals surface area contributed by atoms with E-state index in [1.165, 1.54) is 5.56 Å². The number of rotatable bonds is 9. The van der Waals surface area contributed by atoms with E-state index >= 15 is 0 Å². The predicted molar refractivity (Wildman–Crippen MR) is 117 cm³/mol. The lowest BCUT2D eigenvalue weighted by molar-refractivity contribution is -0.118. The fourth-order valence-corrected chi connectivity index (χ4v) is 2.91. The van der Waals surface area contributed by atoms with E-state index in [4.69, 9.17) is 9.47 Å². The van der Waals surface area contributed by atoms with Gasteiger partial charge in [-0.1, -0.05) is 55.5 Å². The Balaban J connectivity index is 1.54. The second-order valence-electron chi connectivity index (χ2n) is 6.82. The van der Waals surface area contributed by atoms with E-state index in [1.54, 1.807) is 24.3 Å². The SMILES string of the molecule is CCCOC(=O)c1ccc(NC(=O)COc2ccccc2Cc2ccccc2)cc1. The summed E-state index contributed by atoms with van der Waals surface area (Å²) in [5.74, 6) is 0.0458. The van der Waals surface area contributed by atoms with Gasteiger partial charge in [-0.15, -0.1) is 0 Å². The van der Waals surface area contributed by atoms with Crippen molar-refractivity contribution >= 4 is 17.6 Å². The molecule has 0 aliphatic rings. The van der Waals surface area contributed by atoms with Gasteiger partial charge in [0.25, 0.3) is 5.91 Å². The van der Waals surface area contributed by atoms with Crippen LogP contribution in [0.2, 0.25) is 0 Å². The third-order valence-corrected chi connectivity index (χ3v) is 4.41. The number of hydrogen-bond acceptors (Lipinski definition) is 4. The van der Waals surface area contributed by atoms with Crippen LogP contribution in [0.1, 0.15) is 34.8 Å². The Kier molecular flexibility index (Phi) is 7.61. The molecule has 3 aromatic rings. The normalized spacial score (nSPS) is 10.3. The predicted octanol–water partition coefficient (Wildman–Crippen LogP) is 4.86. The van der Waals surface area contributed by atoms with Crippen LogP contribution in [0.5, 0.6) is 5.75 Å². The van der Waals surface area contributed by atoms with Crippen molar-refractivity contribution in [2.24, 2.45) is 0 Å². The maximum atomic E-state index is 12.3. The van der Waals surface area contributed by atoms with Gasteiger partial charge in [0.1, 0.15) is 5.75 Å². The van der Waals surface area contributed by atoms with Crippen molar-refractivity contribution in [3.8, 4) is 5.75 Å². The molecule has 0 heterocycles. The van der Waals surface area contributed by atoms with Crippen LogP contribution in [-0.2, 0) is 16.0 Å². The fraction of sp³-hybridized carbons (Fsp3) is 0.200. The fourth-order valence-electron chi connectivity index (χ4n) is 2.91. The summed E-state index contributed by atoms with van der Waals surface area (Å²) in [6, 6.07) is 24.4. The lowest BCUT2D eigenvalue weighted by Gasteiger charge is -2.12. The summed E-state index contributed by atoms with van der Waals surface area (Å²) in [7, 11) is 0. The van der Waals surface area contributed by atoms with Crippen LogP contribution in [0.15, 0.2) is 78.9 Å². The molecular weight excluding hydrogens is 378 g/mol. The molecule has 0 aromatic heterocycles. The summed E-state index contributed by atoms with van der Waals surface area (Å²) >= 11 is 0. The zero-order chi connectivity index (χ0) is 21.2. The van der Waals surface area contributed by atoms with Gasteiger partial charge in [0, 0.05) is 12.1 Å². The Hall–Kier alpha value is -3.60. The summed E-state index contributed by atoms with van der Waals surface area (Å²) < 4.78 is 10.9. The summed E-state index contributed by atoms with van der Waals surface area (Å²) in [5.41, 5.74) is 3.24. The minimum absolute atomic E-state index is 0.105. The van der Waals surface area contributed by atoms with Gasteiger partial charge in [0.15, 0.2) is 6.61 Å². The van der Waals surface area contributed by atoms with E-state index in [1.807, 2.05) is 49.4 Å². The molecule has 0 atom stereocenters. The Labute approximate surface area is 176 Å². The number of ether oxygens (including phenoxy) is 2. The second-order valence-corrected chi connectivity index (χ2v) is 6.82. The Morgan fingerprint density at radius 1 is 0.867 bits per heavy atom. The second kappa shape index (κ2) is 10.8. The highest BCUT2D eigenvalue weighted by Crippen LogP contribution is 2.21. The lowest BCUT2D eigenvalue weighted by atomic mass is 10.0. The van der Waals surface area contributed by atoms with Gasteiger partial charge >= 0.3 is 5.97 Å². The number of nitrogens with one attached hydrogen (secondary N) is 1. The maximum Gasteiger partial charge on any atom is 0.338 e.